The predicted molar refractivity (Wildman–Crippen MR) is 228 cm³/mol. The summed E-state index contributed by atoms with van der Waals surface area (Å²) >= 11 is 6.35. The van der Waals surface area contributed by atoms with Crippen molar-refractivity contribution in [1.29, 1.82) is 0 Å². The molecule has 4 fully saturated rings. The molecule has 11 nitrogen and oxygen atoms in total. The maximum absolute atomic E-state index is 14.4. The summed E-state index contributed by atoms with van der Waals surface area (Å²) in [6.07, 6.45) is 21.0. The Balaban J connectivity index is 0.000000302. The van der Waals surface area contributed by atoms with Crippen LogP contribution in [0, 0.1) is 23.6 Å². The van der Waals surface area contributed by atoms with Crippen molar-refractivity contribution < 1.29 is 23.9 Å². The first kappa shape index (κ1) is 47.0. The molecule has 5 rings (SSSR count). The van der Waals surface area contributed by atoms with Gasteiger partial charge in [0.2, 0.25) is 5.91 Å². The molecule has 2 heterocycles. The first-order valence-electron chi connectivity index (χ1n) is 22.3. The van der Waals surface area contributed by atoms with E-state index >= 15 is 0 Å². The van der Waals surface area contributed by atoms with Crippen molar-refractivity contribution >= 4 is 29.6 Å². The number of carbonyl (C=O) groups is 3. The molecular weight excluding hydrogens is 745 g/mol. The Labute approximate surface area is 347 Å². The van der Waals surface area contributed by atoms with Crippen LogP contribution in [0.25, 0.3) is 0 Å². The van der Waals surface area contributed by atoms with Crippen molar-refractivity contribution in [2.45, 2.75) is 147 Å². The van der Waals surface area contributed by atoms with E-state index in [1.165, 1.54) is 83.6 Å². The van der Waals surface area contributed by atoms with Gasteiger partial charge in [-0.05, 0) is 89.8 Å². The normalized spacial score (nSPS) is 21.7. The summed E-state index contributed by atoms with van der Waals surface area (Å²) in [6, 6.07) is 4.87. The van der Waals surface area contributed by atoms with Gasteiger partial charge in [0.05, 0.1) is 10.6 Å². The standard InChI is InChI=1S/C28H44ClFN4O3.C16H31N3O/c1-20(35)32-15-8-14-28(37,24-12-6-13-25(30)26(24)29)22-11-7-16-34(19-22)27(36)33-23(18-31-2)17-21-9-4-3-5-10-21;1-17-13-15(12-14-8-4-2-5-9-14)18-16(20)19-10-6-3-7-11-19/h6,12-13,21-23,31,37H,3-5,7-11,14-19H2,1-2H3,(H,32,35)(H,33,36);14-15,17H,2-13H2,1H3,(H,18,20)/t22-,23+,28+;15-/m10/s1. The number of nitrogens with one attached hydrogen (secondary N) is 5. The highest BCUT2D eigenvalue weighted by molar-refractivity contribution is 6.31. The number of hydrogen-bond acceptors (Lipinski definition) is 6. The average molecular weight is 821 g/mol. The fourth-order valence-corrected chi connectivity index (χ4v) is 10.0. The van der Waals surface area contributed by atoms with Crippen LogP contribution >= 0.6 is 11.6 Å². The minimum Gasteiger partial charge on any atom is -0.385 e. The van der Waals surface area contributed by atoms with Gasteiger partial charge in [0.15, 0.2) is 0 Å². The average Bonchev–Trinajstić information content (AvgIpc) is 3.22. The molecule has 1 aromatic rings. The zero-order valence-electron chi connectivity index (χ0n) is 35.3. The zero-order chi connectivity index (χ0) is 41.0. The van der Waals surface area contributed by atoms with E-state index in [4.69, 9.17) is 11.6 Å². The molecule has 5 amide bonds. The molecule has 1 aromatic carbocycles. The topological polar surface area (TPSA) is 138 Å². The van der Waals surface area contributed by atoms with Crippen LogP contribution in [0.3, 0.4) is 0 Å². The minimum absolute atomic E-state index is 0.0511. The van der Waals surface area contributed by atoms with Crippen LogP contribution in [0.5, 0.6) is 0 Å². The van der Waals surface area contributed by atoms with Gasteiger partial charge in [-0.25, -0.2) is 14.0 Å². The number of likely N-dealkylation sites (N-methyl/N-ethyl adjacent to an activating group) is 2. The largest absolute Gasteiger partial charge is 0.385 e. The fourth-order valence-electron chi connectivity index (χ4n) is 9.73. The van der Waals surface area contributed by atoms with Crippen molar-refractivity contribution in [1.82, 2.24) is 36.4 Å². The number of nitrogens with zero attached hydrogens (tertiary/aromatic N) is 2. The second-order valence-corrected chi connectivity index (χ2v) is 17.7. The number of hydrogen-bond donors (Lipinski definition) is 6. The summed E-state index contributed by atoms with van der Waals surface area (Å²) in [4.78, 5) is 40.8. The van der Waals surface area contributed by atoms with Gasteiger partial charge < -0.3 is 41.5 Å². The molecular formula is C44H75ClFN7O4. The van der Waals surface area contributed by atoms with E-state index < -0.39 is 11.4 Å². The summed E-state index contributed by atoms with van der Waals surface area (Å²) in [5.74, 6) is 0.415. The van der Waals surface area contributed by atoms with Crippen LogP contribution in [-0.4, -0.2) is 105 Å². The summed E-state index contributed by atoms with van der Waals surface area (Å²) in [7, 11) is 3.88. The monoisotopic (exact) mass is 820 g/mol. The first-order chi connectivity index (χ1) is 27.5. The third-order valence-electron chi connectivity index (χ3n) is 12.8. The summed E-state index contributed by atoms with van der Waals surface area (Å²) in [5, 5.41) is 27.6. The zero-order valence-corrected chi connectivity index (χ0v) is 36.1. The van der Waals surface area contributed by atoms with Crippen LogP contribution in [0.15, 0.2) is 18.2 Å². The molecule has 2 saturated carbocycles. The number of halogens is 2. The Hall–Kier alpha value is -2.67. The van der Waals surface area contributed by atoms with Crippen LogP contribution in [0.2, 0.25) is 5.02 Å². The molecule has 0 aromatic heterocycles. The number of aliphatic hydroxyl groups is 1. The van der Waals surface area contributed by atoms with Gasteiger partial charge in [-0.2, -0.15) is 0 Å². The molecule has 4 aliphatic rings. The van der Waals surface area contributed by atoms with Crippen LogP contribution in [0.1, 0.15) is 134 Å². The molecule has 13 heteroatoms. The summed E-state index contributed by atoms with van der Waals surface area (Å²) in [5.41, 5.74) is -1.09. The van der Waals surface area contributed by atoms with Crippen molar-refractivity contribution in [3.05, 3.63) is 34.6 Å². The van der Waals surface area contributed by atoms with Gasteiger partial charge in [0.1, 0.15) is 5.82 Å². The smallest absolute Gasteiger partial charge is 0.317 e. The molecule has 2 aliphatic heterocycles. The molecule has 6 N–H and O–H groups in total. The molecule has 0 bridgehead atoms. The number of carbonyl (C=O) groups excluding carboxylic acids is 3. The maximum Gasteiger partial charge on any atom is 0.317 e. The van der Waals surface area contributed by atoms with E-state index in [9.17, 15) is 23.9 Å². The second kappa shape index (κ2) is 25.1. The fraction of sp³-hybridized carbons (Fsp3) is 0.795. The Morgan fingerprint density at radius 2 is 1.32 bits per heavy atom. The van der Waals surface area contributed by atoms with Crippen LogP contribution < -0.4 is 26.6 Å². The first-order valence-corrected chi connectivity index (χ1v) is 22.7. The molecule has 0 unspecified atom stereocenters. The van der Waals surface area contributed by atoms with Crippen LogP contribution in [-0.2, 0) is 10.4 Å². The van der Waals surface area contributed by atoms with Crippen molar-refractivity contribution in [2.24, 2.45) is 17.8 Å². The number of amides is 5. The van der Waals surface area contributed by atoms with Gasteiger partial charge in [-0.15, -0.1) is 0 Å². The van der Waals surface area contributed by atoms with E-state index in [0.29, 0.717) is 56.9 Å². The molecule has 0 spiro atoms. The summed E-state index contributed by atoms with van der Waals surface area (Å²) < 4.78 is 14.4. The lowest BCUT2D eigenvalue weighted by atomic mass is 9.74. The van der Waals surface area contributed by atoms with Gasteiger partial charge in [-0.3, -0.25) is 4.79 Å². The number of piperidine rings is 2. The molecule has 0 radical (unpaired) electrons. The third-order valence-corrected chi connectivity index (χ3v) is 13.2. The van der Waals surface area contributed by atoms with E-state index in [-0.39, 0.29) is 41.0 Å². The Kier molecular flexibility index (Phi) is 20.7. The van der Waals surface area contributed by atoms with E-state index in [0.717, 1.165) is 57.7 Å². The minimum atomic E-state index is -1.43. The highest BCUT2D eigenvalue weighted by atomic mass is 35.5. The van der Waals surface area contributed by atoms with Gasteiger partial charge in [0, 0.05) is 76.3 Å². The second-order valence-electron chi connectivity index (χ2n) is 17.3. The van der Waals surface area contributed by atoms with Crippen molar-refractivity contribution in [3.8, 4) is 0 Å². The predicted octanol–water partition coefficient (Wildman–Crippen LogP) is 7.30. The molecule has 324 valence electrons. The molecule has 2 saturated heterocycles. The number of likely N-dealkylation sites (tertiary alicyclic amines) is 2. The maximum atomic E-state index is 14.4. The molecule has 57 heavy (non-hydrogen) atoms. The quantitative estimate of drug-likeness (QED) is 0.0969. The number of urea groups is 2. The lowest BCUT2D eigenvalue weighted by molar-refractivity contribution is -0.119. The van der Waals surface area contributed by atoms with Crippen molar-refractivity contribution in [3.63, 3.8) is 0 Å². The SMILES string of the molecule is CNC[C@H](CC1CCCCC1)NC(=O)N1CCCCC1.CNC[C@H](CC1CCCCC1)NC(=O)N1CCC[C@@H]([C@@](O)(CCCNC(C)=O)c2cccc(F)c2Cl)C1. The Morgan fingerprint density at radius 1 is 0.789 bits per heavy atom. The summed E-state index contributed by atoms with van der Waals surface area (Å²) in [6.45, 7) is 6.27. The Morgan fingerprint density at radius 3 is 1.86 bits per heavy atom. The molecule has 4 atom stereocenters. The Bertz CT molecular complexity index is 1360. The van der Waals surface area contributed by atoms with Gasteiger partial charge >= 0.3 is 12.1 Å². The van der Waals surface area contributed by atoms with E-state index in [2.05, 4.69) is 26.6 Å². The lowest BCUT2D eigenvalue weighted by Gasteiger charge is -2.43. The number of benzene rings is 1. The highest BCUT2D eigenvalue weighted by Crippen LogP contribution is 2.43. The van der Waals surface area contributed by atoms with E-state index in [1.807, 2.05) is 19.0 Å². The van der Waals surface area contributed by atoms with Gasteiger partial charge in [-0.1, -0.05) is 87.9 Å². The number of rotatable bonds is 16. The van der Waals surface area contributed by atoms with E-state index in [1.54, 1.807) is 17.0 Å². The van der Waals surface area contributed by atoms with Gasteiger partial charge in [0.25, 0.3) is 0 Å². The van der Waals surface area contributed by atoms with Crippen LogP contribution in [0.4, 0.5) is 14.0 Å². The van der Waals surface area contributed by atoms with Crippen molar-refractivity contribution in [2.75, 3.05) is 59.9 Å². The highest BCUT2D eigenvalue weighted by Gasteiger charge is 2.43. The molecule has 2 aliphatic carbocycles. The lowest BCUT2D eigenvalue weighted by Crippen LogP contribution is -2.54. The third kappa shape index (κ3) is 15.5.